The maximum Gasteiger partial charge on any atom is 0.233 e. The molecule has 0 bridgehead atoms. The van der Waals surface area contributed by atoms with Crippen molar-refractivity contribution in [1.29, 1.82) is 0 Å². The van der Waals surface area contributed by atoms with Crippen LogP contribution in [0.3, 0.4) is 0 Å². The zero-order valence-electron chi connectivity index (χ0n) is 16.3. The number of carbonyl (C=O) groups is 1. The zero-order valence-corrected chi connectivity index (χ0v) is 18.6. The Hall–Kier alpha value is -2.29. The summed E-state index contributed by atoms with van der Waals surface area (Å²) in [7, 11) is 0. The molecule has 1 amide bonds. The molecule has 0 saturated heterocycles. The first-order chi connectivity index (χ1) is 14.3. The second-order valence-electron chi connectivity index (χ2n) is 6.69. The summed E-state index contributed by atoms with van der Waals surface area (Å²) in [5.41, 5.74) is 1.23. The number of hydrogen-bond acceptors (Lipinski definition) is 5. The topological polar surface area (TPSA) is 85.8 Å². The molecule has 30 heavy (non-hydrogen) atoms. The Morgan fingerprint density at radius 2 is 1.97 bits per heavy atom. The average molecular weight is 468 g/mol. The number of nitrogen functional groups attached to an aromatic ring is 1. The van der Waals surface area contributed by atoms with Gasteiger partial charge in [0.05, 0.1) is 11.3 Å². The molecule has 0 spiro atoms. The largest absolute Gasteiger partial charge is 0.349 e. The van der Waals surface area contributed by atoms with Crippen LogP contribution in [-0.4, -0.2) is 26.0 Å². The summed E-state index contributed by atoms with van der Waals surface area (Å²) >= 11 is 13.3. The Morgan fingerprint density at radius 3 is 2.67 bits per heavy atom. The molecule has 158 valence electrons. The molecular weight excluding hydrogens is 448 g/mol. The van der Waals surface area contributed by atoms with Gasteiger partial charge in [-0.1, -0.05) is 59.2 Å². The molecule has 3 N–H and O–H groups in total. The first-order valence-corrected chi connectivity index (χ1v) is 10.7. The van der Waals surface area contributed by atoms with E-state index in [1.807, 2.05) is 6.92 Å². The van der Waals surface area contributed by atoms with E-state index in [2.05, 4.69) is 15.5 Å². The number of aromatic nitrogens is 3. The summed E-state index contributed by atoms with van der Waals surface area (Å²) in [6.07, 6.45) is 0.198. The molecule has 2 atom stereocenters. The second-order valence-corrected chi connectivity index (χ2v) is 8.84. The SMILES string of the molecule is C[C@H](Sc1nnc(Cc2ccccc2F)n1N)C(=O)N[C@H](C)c1ccc(Cl)cc1Cl. The molecule has 0 fully saturated rings. The molecule has 0 aliphatic carbocycles. The van der Waals surface area contributed by atoms with Crippen molar-refractivity contribution < 1.29 is 9.18 Å². The minimum atomic E-state index is -0.494. The van der Waals surface area contributed by atoms with E-state index in [0.717, 1.165) is 17.3 Å². The first kappa shape index (κ1) is 22.4. The Labute approximate surface area is 187 Å². The number of amides is 1. The molecule has 1 heterocycles. The number of nitrogens with one attached hydrogen (secondary N) is 1. The fourth-order valence-electron chi connectivity index (χ4n) is 2.79. The molecule has 0 radical (unpaired) electrons. The Morgan fingerprint density at radius 1 is 1.23 bits per heavy atom. The van der Waals surface area contributed by atoms with Crippen LogP contribution in [0, 0.1) is 5.82 Å². The van der Waals surface area contributed by atoms with E-state index in [-0.39, 0.29) is 24.2 Å². The van der Waals surface area contributed by atoms with Crippen LogP contribution in [0.1, 0.15) is 36.8 Å². The lowest BCUT2D eigenvalue weighted by Crippen LogP contribution is -2.33. The lowest BCUT2D eigenvalue weighted by molar-refractivity contribution is -0.120. The van der Waals surface area contributed by atoms with Gasteiger partial charge >= 0.3 is 0 Å². The lowest BCUT2D eigenvalue weighted by Gasteiger charge is -2.18. The Balaban J connectivity index is 1.64. The fourth-order valence-corrected chi connectivity index (χ4v) is 4.16. The molecule has 0 saturated carbocycles. The molecule has 0 aliphatic heterocycles. The van der Waals surface area contributed by atoms with Gasteiger partial charge in [-0.3, -0.25) is 4.79 Å². The predicted molar refractivity (Wildman–Crippen MR) is 118 cm³/mol. The summed E-state index contributed by atoms with van der Waals surface area (Å²) in [5.74, 6) is 5.92. The van der Waals surface area contributed by atoms with Crippen LogP contribution in [-0.2, 0) is 11.2 Å². The van der Waals surface area contributed by atoms with Crippen LogP contribution in [0.4, 0.5) is 4.39 Å². The van der Waals surface area contributed by atoms with Gasteiger partial charge in [-0.05, 0) is 43.2 Å². The zero-order chi connectivity index (χ0) is 21.8. The van der Waals surface area contributed by atoms with Gasteiger partial charge < -0.3 is 11.2 Å². The molecule has 3 aromatic rings. The Bertz CT molecular complexity index is 1060. The molecule has 3 rings (SSSR count). The monoisotopic (exact) mass is 467 g/mol. The first-order valence-electron chi connectivity index (χ1n) is 9.11. The maximum atomic E-state index is 13.9. The number of rotatable bonds is 7. The molecule has 2 aromatic carbocycles. The highest BCUT2D eigenvalue weighted by molar-refractivity contribution is 8.00. The average Bonchev–Trinajstić information content (AvgIpc) is 3.03. The van der Waals surface area contributed by atoms with Crippen molar-refractivity contribution in [2.75, 3.05) is 5.84 Å². The van der Waals surface area contributed by atoms with Crippen molar-refractivity contribution in [3.05, 3.63) is 75.3 Å². The van der Waals surface area contributed by atoms with E-state index in [1.54, 1.807) is 43.3 Å². The van der Waals surface area contributed by atoms with Gasteiger partial charge in [0.1, 0.15) is 5.82 Å². The molecule has 0 unspecified atom stereocenters. The second kappa shape index (κ2) is 9.68. The van der Waals surface area contributed by atoms with Crippen molar-refractivity contribution in [3.63, 3.8) is 0 Å². The third-order valence-electron chi connectivity index (χ3n) is 4.48. The number of nitrogens with zero attached hydrogens (tertiary/aromatic N) is 3. The van der Waals surface area contributed by atoms with Gasteiger partial charge in [-0.25, -0.2) is 9.07 Å². The standard InChI is InChI=1S/C20H20Cl2FN5OS/c1-11(15-8-7-14(21)10-16(15)22)25-19(29)12(2)30-20-27-26-18(28(20)24)9-13-5-3-4-6-17(13)23/h3-8,10-12H,9,24H2,1-2H3,(H,25,29)/t11-,12+/m1/s1. The smallest absolute Gasteiger partial charge is 0.233 e. The summed E-state index contributed by atoms with van der Waals surface area (Å²) in [5, 5.41) is 11.9. The predicted octanol–water partition coefficient (Wildman–Crippen LogP) is 4.39. The van der Waals surface area contributed by atoms with Crippen LogP contribution >= 0.6 is 35.0 Å². The van der Waals surface area contributed by atoms with E-state index >= 15 is 0 Å². The minimum Gasteiger partial charge on any atom is -0.349 e. The Kier molecular flexibility index (Phi) is 7.23. The van der Waals surface area contributed by atoms with E-state index in [1.165, 1.54) is 10.7 Å². The minimum absolute atomic E-state index is 0.198. The lowest BCUT2D eigenvalue weighted by atomic mass is 10.1. The number of halogens is 3. The van der Waals surface area contributed by atoms with Gasteiger partial charge in [0.15, 0.2) is 5.82 Å². The number of carbonyl (C=O) groups excluding carboxylic acids is 1. The summed E-state index contributed by atoms with van der Waals surface area (Å²) in [6, 6.07) is 11.2. The van der Waals surface area contributed by atoms with E-state index in [0.29, 0.717) is 26.6 Å². The fraction of sp³-hybridized carbons (Fsp3) is 0.250. The third kappa shape index (κ3) is 5.24. The number of thioether (sulfide) groups is 1. The van der Waals surface area contributed by atoms with Crippen molar-refractivity contribution in [2.45, 2.75) is 36.7 Å². The van der Waals surface area contributed by atoms with E-state index in [9.17, 15) is 9.18 Å². The van der Waals surface area contributed by atoms with E-state index in [4.69, 9.17) is 29.0 Å². The number of hydrogen-bond donors (Lipinski definition) is 2. The third-order valence-corrected chi connectivity index (χ3v) is 6.10. The molecule has 10 heteroatoms. The van der Waals surface area contributed by atoms with Crippen molar-refractivity contribution in [1.82, 2.24) is 20.2 Å². The molecule has 6 nitrogen and oxygen atoms in total. The highest BCUT2D eigenvalue weighted by atomic mass is 35.5. The molecular formula is C20H20Cl2FN5OS. The van der Waals surface area contributed by atoms with Crippen molar-refractivity contribution in [3.8, 4) is 0 Å². The van der Waals surface area contributed by atoms with Crippen LogP contribution < -0.4 is 11.2 Å². The number of benzene rings is 2. The highest BCUT2D eigenvalue weighted by Crippen LogP contribution is 2.27. The summed E-state index contributed by atoms with van der Waals surface area (Å²) in [4.78, 5) is 12.6. The van der Waals surface area contributed by atoms with Crippen molar-refractivity contribution in [2.24, 2.45) is 0 Å². The van der Waals surface area contributed by atoms with E-state index < -0.39 is 5.25 Å². The highest BCUT2D eigenvalue weighted by Gasteiger charge is 2.22. The molecule has 1 aromatic heterocycles. The van der Waals surface area contributed by atoms with Gasteiger partial charge in [0.25, 0.3) is 0 Å². The quantitative estimate of drug-likeness (QED) is 0.397. The van der Waals surface area contributed by atoms with Crippen LogP contribution in [0.5, 0.6) is 0 Å². The maximum absolute atomic E-state index is 13.9. The summed E-state index contributed by atoms with van der Waals surface area (Å²) in [6.45, 7) is 3.57. The van der Waals surface area contributed by atoms with Crippen molar-refractivity contribution >= 4 is 40.9 Å². The normalized spacial score (nSPS) is 13.1. The van der Waals surface area contributed by atoms with Gasteiger partial charge in [0.2, 0.25) is 11.1 Å². The van der Waals surface area contributed by atoms with Crippen LogP contribution in [0.25, 0.3) is 0 Å². The van der Waals surface area contributed by atoms with Crippen LogP contribution in [0.15, 0.2) is 47.6 Å². The van der Waals surface area contributed by atoms with Crippen LogP contribution in [0.2, 0.25) is 10.0 Å². The molecule has 0 aliphatic rings. The van der Waals surface area contributed by atoms with Gasteiger partial charge in [0, 0.05) is 16.5 Å². The number of nitrogens with two attached hydrogens (primary N) is 1. The summed E-state index contributed by atoms with van der Waals surface area (Å²) < 4.78 is 15.1. The van der Waals surface area contributed by atoms with Gasteiger partial charge in [-0.15, -0.1) is 10.2 Å². The van der Waals surface area contributed by atoms with Gasteiger partial charge in [-0.2, -0.15) is 0 Å².